The molecule has 0 saturated carbocycles. The minimum atomic E-state index is -0.384. The maximum absolute atomic E-state index is 14.1. The molecule has 0 bridgehead atoms. The summed E-state index contributed by atoms with van der Waals surface area (Å²) in [7, 11) is 0. The first-order valence-electron chi connectivity index (χ1n) is 35.7. The van der Waals surface area contributed by atoms with Gasteiger partial charge >= 0.3 is 0 Å². The van der Waals surface area contributed by atoms with Gasteiger partial charge in [0.1, 0.15) is 37.1 Å². The fourth-order valence-corrected chi connectivity index (χ4v) is 12.2. The molecule has 6 amide bonds. The Balaban J connectivity index is 1.11. The first-order chi connectivity index (χ1) is 45.6. The Morgan fingerprint density at radius 3 is 0.763 bits per heavy atom. The fourth-order valence-electron chi connectivity index (χ4n) is 12.2. The van der Waals surface area contributed by atoms with Crippen LogP contribution in [0, 0.1) is 0 Å². The van der Waals surface area contributed by atoms with Crippen LogP contribution in [0.3, 0.4) is 0 Å². The lowest BCUT2D eigenvalue weighted by Gasteiger charge is -2.15. The van der Waals surface area contributed by atoms with Crippen molar-refractivity contribution in [2.75, 3.05) is 39.3 Å². The maximum Gasteiger partial charge on any atom is 0.240 e. The number of para-hydroxylation sites is 6. The van der Waals surface area contributed by atoms with E-state index < -0.39 is 0 Å². The highest BCUT2D eigenvalue weighted by Gasteiger charge is 2.24. The molecule has 0 saturated heterocycles. The molecule has 0 aliphatic heterocycles. The van der Waals surface area contributed by atoms with Crippen LogP contribution in [0.25, 0.3) is 67.3 Å². The minimum absolute atomic E-state index is 0.168. The summed E-state index contributed by atoms with van der Waals surface area (Å²) in [5.41, 5.74) is 5.69. The number of nitrogens with zero attached hydrogens (tertiary/aromatic N) is 6. The van der Waals surface area contributed by atoms with Crippen molar-refractivity contribution in [1.82, 2.24) is 60.6 Å². The monoisotopic (exact) mass is 1270 g/mol. The van der Waals surface area contributed by atoms with Gasteiger partial charge in [-0.15, -0.1) is 0 Å². The summed E-state index contributed by atoms with van der Waals surface area (Å²) in [4.78, 5) is 96.9. The van der Waals surface area contributed by atoms with Gasteiger partial charge in [0.25, 0.3) is 0 Å². The van der Waals surface area contributed by atoms with Gasteiger partial charge < -0.3 is 45.6 Å². The second-order valence-corrected chi connectivity index (χ2v) is 25.3. The molecule has 0 fully saturated rings. The van der Waals surface area contributed by atoms with Crippen molar-refractivity contribution in [3.8, 4) is 34.2 Å². The van der Waals surface area contributed by atoms with E-state index in [0.29, 0.717) is 86.9 Å². The summed E-state index contributed by atoms with van der Waals surface area (Å²) in [5, 5.41) is 17.5. The highest BCUT2D eigenvalue weighted by molar-refractivity contribution is 5.92. The number of nitrogens with one attached hydrogen (secondary N) is 6. The van der Waals surface area contributed by atoms with Gasteiger partial charge in [-0.1, -0.05) is 231 Å². The van der Waals surface area contributed by atoms with Crippen molar-refractivity contribution in [2.45, 2.75) is 233 Å². The summed E-state index contributed by atoms with van der Waals surface area (Å²) in [5.74, 6) is -0.611. The van der Waals surface area contributed by atoms with Crippen LogP contribution in [0.15, 0.2) is 91.0 Å². The summed E-state index contributed by atoms with van der Waals surface area (Å²) in [6, 6.07) is 28.4. The van der Waals surface area contributed by atoms with Gasteiger partial charge in [-0.25, -0.2) is 15.0 Å². The number of rotatable bonds is 48. The number of aromatic nitrogens is 6. The molecule has 18 nitrogen and oxygen atoms in total. The van der Waals surface area contributed by atoms with Crippen LogP contribution in [-0.4, -0.2) is 103 Å². The molecule has 504 valence electrons. The van der Waals surface area contributed by atoms with E-state index in [4.69, 9.17) is 15.0 Å². The van der Waals surface area contributed by atoms with Crippen molar-refractivity contribution in [3.63, 3.8) is 0 Å². The van der Waals surface area contributed by atoms with E-state index in [-0.39, 0.29) is 74.7 Å². The number of imidazole rings is 3. The lowest BCUT2D eigenvalue weighted by Crippen LogP contribution is -2.38. The Morgan fingerprint density at radius 1 is 0.290 bits per heavy atom. The van der Waals surface area contributed by atoms with Crippen LogP contribution in [0.1, 0.15) is 213 Å². The molecule has 18 heteroatoms. The number of carbonyl (C=O) groups excluding carboxylic acids is 6. The molecule has 0 spiro atoms. The number of benzene rings is 4. The second kappa shape index (κ2) is 41.6. The Morgan fingerprint density at radius 2 is 0.516 bits per heavy atom. The topological polar surface area (TPSA) is 228 Å². The lowest BCUT2D eigenvalue weighted by atomic mass is 10.0. The molecule has 6 N–H and O–H groups in total. The van der Waals surface area contributed by atoms with E-state index >= 15 is 0 Å². The summed E-state index contributed by atoms with van der Waals surface area (Å²) in [6.45, 7) is 7.30. The Kier molecular flexibility index (Phi) is 32.5. The predicted molar refractivity (Wildman–Crippen MR) is 376 cm³/mol. The average Bonchev–Trinajstić information content (AvgIpc) is 1.66. The van der Waals surface area contributed by atoms with E-state index in [2.05, 4.69) is 52.7 Å². The van der Waals surface area contributed by atoms with Crippen LogP contribution in [0.5, 0.6) is 0 Å². The van der Waals surface area contributed by atoms with Crippen LogP contribution in [-0.2, 0) is 48.4 Å². The van der Waals surface area contributed by atoms with Gasteiger partial charge in [-0.05, 0) is 73.9 Å². The SMILES string of the molecule is CCCCCCCCCCCCNC(=O)CNC(=O)Cn1c(-c2cc(-c3nc4ccccc4n3CC(=O)NCC(=O)NCCCCCCCCCCCC)cc(-c3nc4ccccc4n3CC(=O)NCC(=O)NCCCCCCCCCCCC)c2)nc2ccccc21. The predicted octanol–water partition coefficient (Wildman–Crippen LogP) is 14.2. The number of fused-ring (bicyclic) bond motifs is 3. The molecule has 0 radical (unpaired) electrons. The van der Waals surface area contributed by atoms with Crippen LogP contribution in [0.2, 0.25) is 0 Å². The zero-order valence-electron chi connectivity index (χ0n) is 56.4. The van der Waals surface area contributed by atoms with Gasteiger partial charge in [0.2, 0.25) is 35.4 Å². The zero-order chi connectivity index (χ0) is 65.7. The summed E-state index contributed by atoms with van der Waals surface area (Å²) < 4.78 is 5.47. The molecule has 0 aliphatic rings. The third-order valence-corrected chi connectivity index (χ3v) is 17.5. The van der Waals surface area contributed by atoms with Crippen LogP contribution >= 0.6 is 0 Å². The second-order valence-electron chi connectivity index (χ2n) is 25.3. The summed E-state index contributed by atoms with van der Waals surface area (Å²) in [6.07, 6.45) is 35.9. The molecule has 7 aromatic rings. The maximum atomic E-state index is 14.1. The van der Waals surface area contributed by atoms with Crippen molar-refractivity contribution >= 4 is 68.5 Å². The molecule has 3 aromatic heterocycles. The Hall–Kier alpha value is -7.89. The molecule has 7 rings (SSSR count). The average molecular weight is 1270 g/mol. The fraction of sp³-hybridized carbons (Fsp3) is 0.560. The number of hydrogen-bond donors (Lipinski definition) is 6. The molecule has 4 aromatic carbocycles. The highest BCUT2D eigenvalue weighted by Crippen LogP contribution is 2.36. The van der Waals surface area contributed by atoms with E-state index in [1.54, 1.807) is 0 Å². The van der Waals surface area contributed by atoms with E-state index in [1.807, 2.05) is 105 Å². The quantitative estimate of drug-likeness (QED) is 0.0199. The van der Waals surface area contributed by atoms with Crippen molar-refractivity contribution in [3.05, 3.63) is 91.0 Å². The third kappa shape index (κ3) is 24.8. The van der Waals surface area contributed by atoms with Gasteiger partial charge in [0.15, 0.2) is 0 Å². The Bertz CT molecular complexity index is 3050. The van der Waals surface area contributed by atoms with Gasteiger partial charge in [-0.3, -0.25) is 28.8 Å². The Labute approximate surface area is 552 Å². The standard InChI is InChI=1S/C75H108N12O6/c1-4-7-10-13-16-19-22-25-28-37-46-76-67(88)52-79-70(91)55-85-64-43-34-31-40-61(64)82-73(85)58-49-59(74-83-62-41-32-35-44-65(62)86(74)56-71(92)80-53-68(89)77-47-38-29-26-23-20-17-14-11-8-5-2)51-60(50-58)75-84-63-42-33-36-45-66(63)87(75)57-72(93)81-54-69(90)78-48-39-30-27-24-21-18-15-12-9-6-3/h31-36,40-45,49-51H,4-30,37-39,46-48,52-57H2,1-3H3,(H,76,88)(H,77,89)(H,78,90)(H,79,91)(H,80,92)(H,81,93). The van der Waals surface area contributed by atoms with Crippen molar-refractivity contribution in [1.29, 1.82) is 0 Å². The molecular formula is C75H108N12O6. The largest absolute Gasteiger partial charge is 0.355 e. The number of unbranched alkanes of at least 4 members (excludes halogenated alkanes) is 27. The smallest absolute Gasteiger partial charge is 0.240 e. The number of hydrogen-bond acceptors (Lipinski definition) is 9. The van der Waals surface area contributed by atoms with Gasteiger partial charge in [0, 0.05) is 36.3 Å². The number of carbonyl (C=O) groups is 6. The molecule has 3 heterocycles. The van der Waals surface area contributed by atoms with Crippen molar-refractivity contribution in [2.24, 2.45) is 0 Å². The van der Waals surface area contributed by atoms with Gasteiger partial charge in [-0.2, -0.15) is 0 Å². The van der Waals surface area contributed by atoms with E-state index in [9.17, 15) is 28.8 Å². The first-order valence-corrected chi connectivity index (χ1v) is 35.7. The van der Waals surface area contributed by atoms with Crippen molar-refractivity contribution < 1.29 is 28.8 Å². The van der Waals surface area contributed by atoms with E-state index in [0.717, 1.165) is 57.8 Å². The van der Waals surface area contributed by atoms with Crippen LogP contribution in [0.4, 0.5) is 0 Å². The molecule has 0 unspecified atom stereocenters. The highest BCUT2D eigenvalue weighted by atomic mass is 16.2. The van der Waals surface area contributed by atoms with E-state index in [1.165, 1.54) is 135 Å². The lowest BCUT2D eigenvalue weighted by molar-refractivity contribution is -0.126. The molecule has 0 atom stereocenters. The molecule has 93 heavy (non-hydrogen) atoms. The molecule has 0 aliphatic carbocycles. The van der Waals surface area contributed by atoms with Gasteiger partial charge in [0.05, 0.1) is 52.7 Å². The zero-order valence-corrected chi connectivity index (χ0v) is 56.4. The summed E-state index contributed by atoms with van der Waals surface area (Å²) >= 11 is 0. The first kappa shape index (κ1) is 72.5. The third-order valence-electron chi connectivity index (χ3n) is 17.5. The normalized spacial score (nSPS) is 11.4. The number of amides is 6. The molecular weight excluding hydrogens is 1160 g/mol. The van der Waals surface area contributed by atoms with Crippen LogP contribution < -0.4 is 31.9 Å². The minimum Gasteiger partial charge on any atom is -0.355 e.